The Kier molecular flexibility index (Phi) is 4.53. The zero-order valence-electron chi connectivity index (χ0n) is 10.9. The number of rotatable bonds is 5. The molecule has 0 aromatic heterocycles. The highest BCUT2D eigenvalue weighted by Crippen LogP contribution is 2.20. The topological polar surface area (TPSA) is 53.0 Å². The minimum Gasteiger partial charge on any atom is -0.371 e. The van der Waals surface area contributed by atoms with Gasteiger partial charge in [0.2, 0.25) is 0 Å². The number of nitrogens with two attached hydrogens (primary N) is 1. The summed E-state index contributed by atoms with van der Waals surface area (Å²) in [5.74, 6) is 0. The van der Waals surface area contributed by atoms with Crippen molar-refractivity contribution in [1.82, 2.24) is 0 Å². The number of nitrogens with zero attached hydrogens (tertiary/aromatic N) is 2. The fourth-order valence-corrected chi connectivity index (χ4v) is 1.79. The lowest BCUT2D eigenvalue weighted by molar-refractivity contribution is 0.540. The van der Waals surface area contributed by atoms with E-state index < -0.39 is 5.54 Å². The summed E-state index contributed by atoms with van der Waals surface area (Å²) in [6.45, 7) is 7.73. The lowest BCUT2D eigenvalue weighted by Gasteiger charge is -2.27. The maximum atomic E-state index is 8.91. The largest absolute Gasteiger partial charge is 0.371 e. The van der Waals surface area contributed by atoms with E-state index in [9.17, 15) is 0 Å². The van der Waals surface area contributed by atoms with Gasteiger partial charge >= 0.3 is 0 Å². The lowest BCUT2D eigenvalue weighted by Crippen LogP contribution is -2.39. The van der Waals surface area contributed by atoms with E-state index in [2.05, 4.69) is 36.9 Å². The van der Waals surface area contributed by atoms with Crippen molar-refractivity contribution in [1.29, 1.82) is 5.26 Å². The molecule has 0 heterocycles. The molecule has 1 unspecified atom stereocenters. The number of hydrogen-bond acceptors (Lipinski definition) is 3. The van der Waals surface area contributed by atoms with Crippen LogP contribution >= 0.6 is 0 Å². The van der Waals surface area contributed by atoms with Crippen molar-refractivity contribution in [3.05, 3.63) is 29.8 Å². The highest BCUT2D eigenvalue weighted by atomic mass is 15.1. The minimum absolute atomic E-state index is 0.672. The van der Waals surface area contributed by atoms with Crippen molar-refractivity contribution >= 4 is 5.69 Å². The summed E-state index contributed by atoms with van der Waals surface area (Å²) < 4.78 is 0. The summed E-state index contributed by atoms with van der Waals surface area (Å²) in [6.07, 6.45) is 0.672. The number of hydrogen-bond donors (Lipinski definition) is 1. The second kappa shape index (κ2) is 5.70. The molecule has 0 fully saturated rings. The molecule has 0 aliphatic rings. The summed E-state index contributed by atoms with van der Waals surface area (Å²) in [5.41, 5.74) is 7.59. The number of aryl methyl sites for hydroxylation is 1. The van der Waals surface area contributed by atoms with E-state index in [4.69, 9.17) is 11.0 Å². The molecule has 92 valence electrons. The van der Waals surface area contributed by atoms with E-state index in [1.165, 1.54) is 11.3 Å². The molecule has 17 heavy (non-hydrogen) atoms. The van der Waals surface area contributed by atoms with Gasteiger partial charge in [-0.2, -0.15) is 5.26 Å². The van der Waals surface area contributed by atoms with Gasteiger partial charge in [0.25, 0.3) is 0 Å². The molecule has 0 radical (unpaired) electrons. The van der Waals surface area contributed by atoms with Gasteiger partial charge in [0, 0.05) is 18.8 Å². The van der Waals surface area contributed by atoms with E-state index in [-0.39, 0.29) is 0 Å². The Morgan fingerprint density at radius 1 is 1.41 bits per heavy atom. The second-order valence-electron chi connectivity index (χ2n) is 4.65. The molecule has 0 aliphatic carbocycles. The highest BCUT2D eigenvalue weighted by molar-refractivity contribution is 5.52. The average molecular weight is 231 g/mol. The quantitative estimate of drug-likeness (QED) is 0.847. The van der Waals surface area contributed by atoms with Gasteiger partial charge in [0.1, 0.15) is 5.54 Å². The molecule has 1 aromatic rings. The van der Waals surface area contributed by atoms with Crippen LogP contribution < -0.4 is 10.6 Å². The fraction of sp³-hybridized carbons (Fsp3) is 0.500. The molecule has 2 N–H and O–H groups in total. The highest BCUT2D eigenvalue weighted by Gasteiger charge is 2.18. The maximum absolute atomic E-state index is 8.91. The van der Waals surface area contributed by atoms with Crippen LogP contribution in [-0.2, 0) is 0 Å². The monoisotopic (exact) mass is 231 g/mol. The van der Waals surface area contributed by atoms with Crippen molar-refractivity contribution in [3.8, 4) is 6.07 Å². The Hall–Kier alpha value is -1.53. The Balaban J connectivity index is 2.74. The van der Waals surface area contributed by atoms with Crippen LogP contribution in [0.15, 0.2) is 24.3 Å². The lowest BCUT2D eigenvalue weighted by atomic mass is 10.0. The molecule has 0 spiro atoms. The normalized spacial score (nSPS) is 13.8. The zero-order chi connectivity index (χ0) is 12.9. The first-order valence-corrected chi connectivity index (χ1v) is 6.01. The number of benzene rings is 1. The Bertz CT molecular complexity index is 404. The number of anilines is 1. The van der Waals surface area contributed by atoms with Crippen molar-refractivity contribution in [3.63, 3.8) is 0 Å². The van der Waals surface area contributed by atoms with Crippen LogP contribution in [0.4, 0.5) is 5.69 Å². The van der Waals surface area contributed by atoms with E-state index in [0.29, 0.717) is 6.42 Å². The molecule has 1 rings (SSSR count). The van der Waals surface area contributed by atoms with Crippen molar-refractivity contribution in [2.24, 2.45) is 5.73 Å². The van der Waals surface area contributed by atoms with Crippen LogP contribution in [0.25, 0.3) is 0 Å². The van der Waals surface area contributed by atoms with Gasteiger partial charge in [-0.3, -0.25) is 0 Å². The third-order valence-electron chi connectivity index (χ3n) is 2.99. The molecule has 0 saturated heterocycles. The molecule has 1 atom stereocenters. The Labute approximate surface area is 104 Å². The fourth-order valence-electron chi connectivity index (χ4n) is 1.79. The SMILES string of the molecule is CCN(CCC(C)(N)C#N)c1ccccc1C. The van der Waals surface area contributed by atoms with Gasteiger partial charge in [0.15, 0.2) is 0 Å². The maximum Gasteiger partial charge on any atom is 0.103 e. The van der Waals surface area contributed by atoms with Gasteiger partial charge < -0.3 is 10.6 Å². The summed E-state index contributed by atoms with van der Waals surface area (Å²) in [6, 6.07) is 10.4. The van der Waals surface area contributed by atoms with Gasteiger partial charge in [-0.05, 0) is 38.8 Å². The molecular weight excluding hydrogens is 210 g/mol. The summed E-state index contributed by atoms with van der Waals surface area (Å²) >= 11 is 0. The first-order valence-electron chi connectivity index (χ1n) is 6.01. The van der Waals surface area contributed by atoms with E-state index in [1.807, 2.05) is 12.1 Å². The van der Waals surface area contributed by atoms with Crippen LogP contribution in [0.2, 0.25) is 0 Å². The van der Waals surface area contributed by atoms with E-state index in [1.54, 1.807) is 6.92 Å². The summed E-state index contributed by atoms with van der Waals surface area (Å²) in [5, 5.41) is 8.91. The number of nitriles is 1. The summed E-state index contributed by atoms with van der Waals surface area (Å²) in [7, 11) is 0. The summed E-state index contributed by atoms with van der Waals surface area (Å²) in [4.78, 5) is 2.26. The van der Waals surface area contributed by atoms with Gasteiger partial charge in [-0.25, -0.2) is 0 Å². The minimum atomic E-state index is -0.740. The van der Waals surface area contributed by atoms with Crippen molar-refractivity contribution in [2.45, 2.75) is 32.7 Å². The second-order valence-corrected chi connectivity index (χ2v) is 4.65. The van der Waals surface area contributed by atoms with Crippen LogP contribution in [0, 0.1) is 18.3 Å². The predicted molar refractivity (Wildman–Crippen MR) is 71.9 cm³/mol. The van der Waals surface area contributed by atoms with Crippen LogP contribution in [-0.4, -0.2) is 18.6 Å². The molecule has 0 saturated carbocycles. The van der Waals surface area contributed by atoms with Gasteiger partial charge in [-0.15, -0.1) is 0 Å². The van der Waals surface area contributed by atoms with Crippen molar-refractivity contribution in [2.75, 3.05) is 18.0 Å². The Morgan fingerprint density at radius 3 is 2.59 bits per heavy atom. The molecule has 0 aliphatic heterocycles. The standard InChI is InChI=1S/C14H21N3/c1-4-17(10-9-14(3,16)11-15)13-8-6-5-7-12(13)2/h5-8H,4,9-10,16H2,1-3H3. The first-order chi connectivity index (χ1) is 8.00. The first kappa shape index (κ1) is 13.5. The third kappa shape index (κ3) is 3.76. The predicted octanol–water partition coefficient (Wildman–Crippen LogP) is 2.45. The molecular formula is C14H21N3. The van der Waals surface area contributed by atoms with Crippen LogP contribution in [0.1, 0.15) is 25.8 Å². The number of para-hydroxylation sites is 1. The van der Waals surface area contributed by atoms with Crippen molar-refractivity contribution < 1.29 is 0 Å². The third-order valence-corrected chi connectivity index (χ3v) is 2.99. The smallest absolute Gasteiger partial charge is 0.103 e. The molecule has 0 bridgehead atoms. The molecule has 3 heteroatoms. The molecule has 1 aromatic carbocycles. The average Bonchev–Trinajstić information content (AvgIpc) is 2.32. The zero-order valence-corrected chi connectivity index (χ0v) is 10.9. The van der Waals surface area contributed by atoms with Crippen LogP contribution in [0.3, 0.4) is 0 Å². The molecule has 3 nitrogen and oxygen atoms in total. The van der Waals surface area contributed by atoms with E-state index in [0.717, 1.165) is 13.1 Å². The Morgan fingerprint density at radius 2 is 2.06 bits per heavy atom. The molecule has 0 amide bonds. The van der Waals surface area contributed by atoms with Crippen LogP contribution in [0.5, 0.6) is 0 Å². The van der Waals surface area contributed by atoms with E-state index >= 15 is 0 Å². The van der Waals surface area contributed by atoms with Gasteiger partial charge in [-0.1, -0.05) is 18.2 Å². The van der Waals surface area contributed by atoms with Gasteiger partial charge in [0.05, 0.1) is 6.07 Å².